The fourth-order valence-corrected chi connectivity index (χ4v) is 1.26. The number of hydrogen-bond acceptors (Lipinski definition) is 4. The Hall–Kier alpha value is -1.49. The fraction of sp³-hybridized carbons (Fsp3) is 0.400. The molecule has 1 rings (SSSR count). The normalized spacial score (nSPS) is 11.9. The van der Waals surface area contributed by atoms with Gasteiger partial charge in [0.25, 0.3) is 5.91 Å². The van der Waals surface area contributed by atoms with E-state index in [-0.39, 0.29) is 17.4 Å². The zero-order valence-electron chi connectivity index (χ0n) is 8.95. The van der Waals surface area contributed by atoms with Crippen LogP contribution in [0, 0.1) is 0 Å². The smallest absolute Gasteiger partial charge is 0.328 e. The molecule has 0 aromatic carbocycles. The zero-order valence-corrected chi connectivity index (χ0v) is 9.71. The van der Waals surface area contributed by atoms with Crippen LogP contribution in [0.25, 0.3) is 0 Å². The maximum Gasteiger partial charge on any atom is 0.328 e. The van der Waals surface area contributed by atoms with Gasteiger partial charge in [0.1, 0.15) is 6.04 Å². The SMILES string of the molecule is CCOC(=O)C(C)NC(=O)c1ccoc1Cl. The molecule has 6 heteroatoms. The lowest BCUT2D eigenvalue weighted by Gasteiger charge is -2.11. The maximum absolute atomic E-state index is 11.6. The predicted molar refractivity (Wildman–Crippen MR) is 57.3 cm³/mol. The molecule has 0 fully saturated rings. The van der Waals surface area contributed by atoms with Gasteiger partial charge in [0.15, 0.2) is 0 Å². The van der Waals surface area contributed by atoms with E-state index in [9.17, 15) is 9.59 Å². The number of furan rings is 1. The van der Waals surface area contributed by atoms with E-state index in [2.05, 4.69) is 5.32 Å². The molecule has 0 aliphatic heterocycles. The quantitative estimate of drug-likeness (QED) is 0.819. The highest BCUT2D eigenvalue weighted by Crippen LogP contribution is 2.16. The summed E-state index contributed by atoms with van der Waals surface area (Å²) in [6.07, 6.45) is 1.30. The number of esters is 1. The van der Waals surface area contributed by atoms with E-state index in [0.717, 1.165) is 0 Å². The van der Waals surface area contributed by atoms with E-state index in [1.54, 1.807) is 6.92 Å². The molecule has 1 atom stereocenters. The summed E-state index contributed by atoms with van der Waals surface area (Å²) in [7, 11) is 0. The Labute approximate surface area is 97.7 Å². The summed E-state index contributed by atoms with van der Waals surface area (Å²) in [6, 6.07) is 0.702. The Morgan fingerprint density at radius 1 is 1.62 bits per heavy atom. The predicted octanol–water partition coefficient (Wildman–Crippen LogP) is 1.61. The van der Waals surface area contributed by atoms with Crippen LogP contribution in [0.1, 0.15) is 24.2 Å². The number of amides is 1. The summed E-state index contributed by atoms with van der Waals surface area (Å²) in [5.74, 6) is -0.963. The average molecular weight is 246 g/mol. The zero-order chi connectivity index (χ0) is 12.1. The van der Waals surface area contributed by atoms with Crippen LogP contribution in [0.15, 0.2) is 16.7 Å². The van der Waals surface area contributed by atoms with Crippen LogP contribution in [-0.4, -0.2) is 24.5 Å². The minimum Gasteiger partial charge on any atom is -0.464 e. The number of carbonyl (C=O) groups excluding carboxylic acids is 2. The van der Waals surface area contributed by atoms with Crippen LogP contribution in [0.4, 0.5) is 0 Å². The highest BCUT2D eigenvalue weighted by molar-refractivity contribution is 6.32. The molecule has 1 heterocycles. The van der Waals surface area contributed by atoms with E-state index in [1.807, 2.05) is 0 Å². The average Bonchev–Trinajstić information content (AvgIpc) is 2.64. The van der Waals surface area contributed by atoms with Crippen LogP contribution in [0.5, 0.6) is 0 Å². The summed E-state index contributed by atoms with van der Waals surface area (Å²) in [6.45, 7) is 3.49. The molecule has 1 aromatic heterocycles. The van der Waals surface area contributed by atoms with Crippen molar-refractivity contribution >= 4 is 23.5 Å². The van der Waals surface area contributed by atoms with Crippen molar-refractivity contribution in [3.8, 4) is 0 Å². The summed E-state index contributed by atoms with van der Waals surface area (Å²) < 4.78 is 9.51. The highest BCUT2D eigenvalue weighted by Gasteiger charge is 2.20. The lowest BCUT2D eigenvalue weighted by Crippen LogP contribution is -2.39. The third-order valence-electron chi connectivity index (χ3n) is 1.85. The molecule has 1 amide bonds. The molecule has 1 aromatic rings. The van der Waals surface area contributed by atoms with Crippen LogP contribution < -0.4 is 5.32 Å². The van der Waals surface area contributed by atoms with E-state index < -0.39 is 17.9 Å². The van der Waals surface area contributed by atoms with E-state index in [4.69, 9.17) is 20.8 Å². The van der Waals surface area contributed by atoms with Crippen molar-refractivity contribution in [3.63, 3.8) is 0 Å². The minimum absolute atomic E-state index is 0.00596. The van der Waals surface area contributed by atoms with Crippen molar-refractivity contribution in [2.24, 2.45) is 0 Å². The number of carbonyl (C=O) groups is 2. The molecule has 0 radical (unpaired) electrons. The van der Waals surface area contributed by atoms with Gasteiger partial charge in [0.05, 0.1) is 18.4 Å². The van der Waals surface area contributed by atoms with Gasteiger partial charge in [-0.15, -0.1) is 0 Å². The molecular formula is C10H12ClNO4. The summed E-state index contributed by atoms with van der Waals surface area (Å²) in [4.78, 5) is 22.8. The first-order chi connectivity index (χ1) is 7.56. The van der Waals surface area contributed by atoms with Crippen molar-refractivity contribution in [2.45, 2.75) is 19.9 Å². The second-order valence-electron chi connectivity index (χ2n) is 3.06. The number of ether oxygens (including phenoxy) is 1. The number of hydrogen-bond donors (Lipinski definition) is 1. The molecule has 0 aliphatic carbocycles. The van der Waals surface area contributed by atoms with Crippen LogP contribution in [-0.2, 0) is 9.53 Å². The first kappa shape index (κ1) is 12.6. The summed E-state index contributed by atoms with van der Waals surface area (Å²) in [5, 5.41) is 2.44. The molecular weight excluding hydrogens is 234 g/mol. The van der Waals surface area contributed by atoms with Gasteiger partial charge in [0, 0.05) is 0 Å². The Balaban J connectivity index is 2.58. The maximum atomic E-state index is 11.6. The Morgan fingerprint density at radius 2 is 2.31 bits per heavy atom. The molecule has 0 spiro atoms. The van der Waals surface area contributed by atoms with Crippen molar-refractivity contribution in [1.82, 2.24) is 5.32 Å². The topological polar surface area (TPSA) is 68.5 Å². The van der Waals surface area contributed by atoms with Crippen LogP contribution in [0.2, 0.25) is 5.22 Å². The van der Waals surface area contributed by atoms with Gasteiger partial charge in [0.2, 0.25) is 5.22 Å². The van der Waals surface area contributed by atoms with Gasteiger partial charge in [-0.1, -0.05) is 0 Å². The number of rotatable bonds is 4. The van der Waals surface area contributed by atoms with Crippen molar-refractivity contribution in [1.29, 1.82) is 0 Å². The second-order valence-corrected chi connectivity index (χ2v) is 3.40. The summed E-state index contributed by atoms with van der Waals surface area (Å²) in [5.41, 5.74) is 0.192. The first-order valence-electron chi connectivity index (χ1n) is 4.76. The van der Waals surface area contributed by atoms with Crippen LogP contribution >= 0.6 is 11.6 Å². The molecule has 0 saturated heterocycles. The van der Waals surface area contributed by atoms with Gasteiger partial charge in [-0.25, -0.2) is 4.79 Å². The van der Waals surface area contributed by atoms with Crippen molar-refractivity contribution in [2.75, 3.05) is 6.61 Å². The number of nitrogens with one attached hydrogen (secondary N) is 1. The van der Waals surface area contributed by atoms with E-state index in [1.165, 1.54) is 19.3 Å². The monoisotopic (exact) mass is 245 g/mol. The molecule has 1 unspecified atom stereocenters. The molecule has 1 N–H and O–H groups in total. The lowest BCUT2D eigenvalue weighted by atomic mass is 10.2. The minimum atomic E-state index is -0.724. The number of halogens is 1. The van der Waals surface area contributed by atoms with E-state index >= 15 is 0 Å². The Bertz CT molecular complexity index is 388. The van der Waals surface area contributed by atoms with Gasteiger partial charge < -0.3 is 14.5 Å². The fourth-order valence-electron chi connectivity index (χ4n) is 1.06. The standard InChI is InChI=1S/C10H12ClNO4/c1-3-15-10(14)6(2)12-9(13)7-4-5-16-8(7)11/h4-6H,3H2,1-2H3,(H,12,13). The molecule has 16 heavy (non-hydrogen) atoms. The Morgan fingerprint density at radius 3 is 2.81 bits per heavy atom. The third kappa shape index (κ3) is 3.00. The third-order valence-corrected chi connectivity index (χ3v) is 2.14. The second kappa shape index (κ2) is 5.55. The lowest BCUT2D eigenvalue weighted by molar-refractivity contribution is -0.144. The Kier molecular flexibility index (Phi) is 4.37. The van der Waals surface area contributed by atoms with Crippen molar-refractivity contribution in [3.05, 3.63) is 23.1 Å². The molecule has 0 bridgehead atoms. The van der Waals surface area contributed by atoms with Gasteiger partial charge in [-0.05, 0) is 31.5 Å². The van der Waals surface area contributed by atoms with Gasteiger partial charge in [-0.2, -0.15) is 0 Å². The molecule has 0 aliphatic rings. The van der Waals surface area contributed by atoms with Gasteiger partial charge in [-0.3, -0.25) is 4.79 Å². The summed E-state index contributed by atoms with van der Waals surface area (Å²) >= 11 is 5.62. The van der Waals surface area contributed by atoms with Gasteiger partial charge >= 0.3 is 5.97 Å². The highest BCUT2D eigenvalue weighted by atomic mass is 35.5. The van der Waals surface area contributed by atoms with E-state index in [0.29, 0.717) is 0 Å². The molecule has 88 valence electrons. The van der Waals surface area contributed by atoms with Crippen molar-refractivity contribution < 1.29 is 18.7 Å². The molecule has 0 saturated carbocycles. The first-order valence-corrected chi connectivity index (χ1v) is 5.14. The molecule has 5 nitrogen and oxygen atoms in total. The van der Waals surface area contributed by atoms with Crippen LogP contribution in [0.3, 0.4) is 0 Å². The largest absolute Gasteiger partial charge is 0.464 e.